The second-order valence-electron chi connectivity index (χ2n) is 10.2. The summed E-state index contributed by atoms with van der Waals surface area (Å²) in [6.45, 7) is 7.97. The Morgan fingerprint density at radius 1 is 1.23 bits per heavy atom. The van der Waals surface area contributed by atoms with Gasteiger partial charge in [-0.25, -0.2) is 0 Å². The molecule has 0 heterocycles. The Hall–Kier alpha value is -0.870. The highest BCUT2D eigenvalue weighted by Crippen LogP contribution is 2.67. The van der Waals surface area contributed by atoms with Crippen LogP contribution in [0.2, 0.25) is 0 Å². The number of fused-ring (bicyclic) bond motifs is 5. The van der Waals surface area contributed by atoms with E-state index in [0.29, 0.717) is 18.3 Å². The normalized spacial score (nSPS) is 53.2. The van der Waals surface area contributed by atoms with Gasteiger partial charge < -0.3 is 14.9 Å². The van der Waals surface area contributed by atoms with Crippen LogP contribution in [0.4, 0.5) is 0 Å². The van der Waals surface area contributed by atoms with E-state index in [2.05, 4.69) is 19.9 Å². The van der Waals surface area contributed by atoms with Gasteiger partial charge in [-0.15, -0.1) is 0 Å². The van der Waals surface area contributed by atoms with Crippen molar-refractivity contribution >= 4 is 5.97 Å². The maximum atomic E-state index is 11.3. The molecule has 0 amide bonds. The second-order valence-corrected chi connectivity index (χ2v) is 10.2. The topological polar surface area (TPSA) is 66.8 Å². The Bertz CT molecular complexity index is 638. The van der Waals surface area contributed by atoms with Crippen molar-refractivity contribution in [2.24, 2.45) is 28.6 Å². The van der Waals surface area contributed by atoms with E-state index in [-0.39, 0.29) is 34.9 Å². The molecule has 0 aliphatic heterocycles. The molecule has 146 valence electrons. The largest absolute Gasteiger partial charge is 0.462 e. The van der Waals surface area contributed by atoms with Crippen molar-refractivity contribution in [3.63, 3.8) is 0 Å². The summed E-state index contributed by atoms with van der Waals surface area (Å²) in [5, 5.41) is 22.2. The van der Waals surface area contributed by atoms with E-state index in [4.69, 9.17) is 4.74 Å². The van der Waals surface area contributed by atoms with Gasteiger partial charge in [-0.05, 0) is 68.6 Å². The molecule has 3 saturated carbocycles. The number of hydrogen-bond acceptors (Lipinski definition) is 4. The van der Waals surface area contributed by atoms with Crippen LogP contribution in [0, 0.1) is 28.6 Å². The van der Waals surface area contributed by atoms with Gasteiger partial charge in [-0.3, -0.25) is 4.79 Å². The fourth-order valence-electron chi connectivity index (χ4n) is 7.32. The summed E-state index contributed by atoms with van der Waals surface area (Å²) < 4.78 is 5.49. The van der Waals surface area contributed by atoms with Crippen molar-refractivity contribution in [2.45, 2.75) is 90.4 Å². The molecule has 0 aromatic carbocycles. The molecule has 0 bridgehead atoms. The molecule has 0 radical (unpaired) electrons. The molecule has 0 saturated heterocycles. The fourth-order valence-corrected chi connectivity index (χ4v) is 7.32. The molecule has 4 heteroatoms. The minimum Gasteiger partial charge on any atom is -0.462 e. The minimum absolute atomic E-state index is 0.00520. The number of carbonyl (C=O) groups is 1. The standard InChI is InChI=1S/C22H34O4/c1-13(23)26-15-7-9-20(2)14(11-15)5-6-16-17-8-10-22(4,25)21(17,3)12-18(24)19(16)20/h5,15-19,24-25H,6-12H2,1-4H3/t15-,16?,17?,18?,19?,20-,21-,22-/m0/s1. The highest BCUT2D eigenvalue weighted by Gasteiger charge is 2.64. The third-order valence-electron chi connectivity index (χ3n) is 8.89. The first-order chi connectivity index (χ1) is 12.1. The van der Waals surface area contributed by atoms with Gasteiger partial charge in [0, 0.05) is 18.8 Å². The van der Waals surface area contributed by atoms with Crippen LogP contribution in [0.25, 0.3) is 0 Å². The molecule has 0 aromatic heterocycles. The van der Waals surface area contributed by atoms with Gasteiger partial charge in [-0.2, -0.15) is 0 Å². The smallest absolute Gasteiger partial charge is 0.302 e. The lowest BCUT2D eigenvalue weighted by Gasteiger charge is -2.60. The zero-order chi connectivity index (χ0) is 18.9. The van der Waals surface area contributed by atoms with Gasteiger partial charge in [-0.1, -0.05) is 25.5 Å². The molecule has 4 aliphatic carbocycles. The highest BCUT2D eigenvalue weighted by molar-refractivity contribution is 5.66. The van der Waals surface area contributed by atoms with Crippen LogP contribution in [0.1, 0.15) is 72.6 Å². The highest BCUT2D eigenvalue weighted by atomic mass is 16.5. The van der Waals surface area contributed by atoms with Crippen molar-refractivity contribution in [1.82, 2.24) is 0 Å². The van der Waals surface area contributed by atoms with Crippen LogP contribution in [-0.2, 0) is 9.53 Å². The molecule has 8 atom stereocenters. The summed E-state index contributed by atoms with van der Waals surface area (Å²) in [7, 11) is 0. The second kappa shape index (κ2) is 5.81. The zero-order valence-corrected chi connectivity index (χ0v) is 16.6. The average Bonchev–Trinajstić information content (AvgIpc) is 2.76. The van der Waals surface area contributed by atoms with Gasteiger partial charge in [0.2, 0.25) is 0 Å². The molecule has 3 fully saturated rings. The van der Waals surface area contributed by atoms with Crippen molar-refractivity contribution in [2.75, 3.05) is 0 Å². The summed E-state index contributed by atoms with van der Waals surface area (Å²) in [6.07, 6.45) is 8.23. The van der Waals surface area contributed by atoms with Crippen LogP contribution in [0.5, 0.6) is 0 Å². The third kappa shape index (κ3) is 2.44. The summed E-state index contributed by atoms with van der Waals surface area (Å²) in [5.74, 6) is 0.978. The van der Waals surface area contributed by atoms with Gasteiger partial charge in [0.05, 0.1) is 11.7 Å². The van der Waals surface area contributed by atoms with Gasteiger partial charge in [0.25, 0.3) is 0 Å². The Kier molecular flexibility index (Phi) is 4.13. The third-order valence-corrected chi connectivity index (χ3v) is 8.89. The number of aliphatic hydroxyl groups is 2. The Balaban J connectivity index is 1.65. The zero-order valence-electron chi connectivity index (χ0n) is 16.6. The molecule has 4 nitrogen and oxygen atoms in total. The lowest BCUT2D eigenvalue weighted by Crippen LogP contribution is -2.59. The summed E-state index contributed by atoms with van der Waals surface area (Å²) >= 11 is 0. The predicted octanol–water partition coefficient (Wildman–Crippen LogP) is 3.60. The first-order valence-corrected chi connectivity index (χ1v) is 10.4. The van der Waals surface area contributed by atoms with E-state index < -0.39 is 5.60 Å². The van der Waals surface area contributed by atoms with E-state index in [1.165, 1.54) is 12.5 Å². The average molecular weight is 363 g/mol. The number of allylic oxidation sites excluding steroid dienone is 1. The Morgan fingerprint density at radius 2 is 1.96 bits per heavy atom. The summed E-state index contributed by atoms with van der Waals surface area (Å²) in [4.78, 5) is 11.3. The van der Waals surface area contributed by atoms with E-state index in [0.717, 1.165) is 38.5 Å². The van der Waals surface area contributed by atoms with Crippen LogP contribution < -0.4 is 0 Å². The van der Waals surface area contributed by atoms with Gasteiger partial charge >= 0.3 is 5.97 Å². The van der Waals surface area contributed by atoms with Gasteiger partial charge in [0.1, 0.15) is 6.10 Å². The van der Waals surface area contributed by atoms with Crippen LogP contribution in [0.3, 0.4) is 0 Å². The monoisotopic (exact) mass is 362 g/mol. The van der Waals surface area contributed by atoms with E-state index in [1.807, 2.05) is 6.92 Å². The van der Waals surface area contributed by atoms with Crippen molar-refractivity contribution in [3.8, 4) is 0 Å². The van der Waals surface area contributed by atoms with E-state index in [1.54, 1.807) is 0 Å². The molecule has 4 unspecified atom stereocenters. The van der Waals surface area contributed by atoms with Gasteiger partial charge in [0.15, 0.2) is 0 Å². The molecule has 4 rings (SSSR count). The van der Waals surface area contributed by atoms with E-state index in [9.17, 15) is 15.0 Å². The number of aliphatic hydroxyl groups excluding tert-OH is 1. The fraction of sp³-hybridized carbons (Fsp3) is 0.864. The number of ether oxygens (including phenoxy) is 1. The predicted molar refractivity (Wildman–Crippen MR) is 99.3 cm³/mol. The van der Waals surface area contributed by atoms with Crippen LogP contribution in [0.15, 0.2) is 11.6 Å². The number of hydrogen-bond donors (Lipinski definition) is 2. The number of rotatable bonds is 1. The molecular weight excluding hydrogens is 328 g/mol. The maximum Gasteiger partial charge on any atom is 0.302 e. The maximum absolute atomic E-state index is 11.3. The van der Waals surface area contributed by atoms with Crippen LogP contribution in [-0.4, -0.2) is 34.0 Å². The first kappa shape index (κ1) is 18.5. The lowest BCUT2D eigenvalue weighted by atomic mass is 9.46. The minimum atomic E-state index is -0.679. The quantitative estimate of drug-likeness (QED) is 0.552. The number of esters is 1. The molecule has 0 spiro atoms. The Morgan fingerprint density at radius 3 is 2.65 bits per heavy atom. The molecular formula is C22H34O4. The lowest BCUT2D eigenvalue weighted by molar-refractivity contribution is -0.166. The van der Waals surface area contributed by atoms with E-state index >= 15 is 0 Å². The molecule has 2 N–H and O–H groups in total. The summed E-state index contributed by atoms with van der Waals surface area (Å²) in [6, 6.07) is 0. The van der Waals surface area contributed by atoms with Crippen molar-refractivity contribution in [1.29, 1.82) is 0 Å². The Labute approximate surface area is 157 Å². The first-order valence-electron chi connectivity index (χ1n) is 10.4. The SMILES string of the molecule is CC(=O)O[C@H]1CC[C@@]2(C)C(=CCC3C2C(O)C[C@@]2(C)C3CC[C@]2(C)O)C1. The van der Waals surface area contributed by atoms with Crippen LogP contribution >= 0.6 is 0 Å². The number of carbonyl (C=O) groups excluding carboxylic acids is 1. The molecule has 4 aliphatic rings. The van der Waals surface area contributed by atoms with Crippen molar-refractivity contribution in [3.05, 3.63) is 11.6 Å². The molecule has 0 aromatic rings. The summed E-state index contributed by atoms with van der Waals surface area (Å²) in [5.41, 5.74) is 0.504. The molecule has 26 heavy (non-hydrogen) atoms. The van der Waals surface area contributed by atoms with Crippen molar-refractivity contribution < 1.29 is 19.7 Å².